The third-order valence-corrected chi connectivity index (χ3v) is 10.9. The number of rotatable bonds is 13. The number of likely N-dealkylation sites (N-methyl/N-ethyl adjacent to an activating group) is 1. The molecule has 2 fully saturated rings. The van der Waals surface area contributed by atoms with Crippen LogP contribution in [0.2, 0.25) is 0 Å². The van der Waals surface area contributed by atoms with Crippen LogP contribution < -0.4 is 0 Å². The number of benzene rings is 3. The average molecular weight is 640 g/mol. The molecular weight excluding hydrogens is 594 g/mol. The molecule has 7 nitrogen and oxygen atoms in total. The maximum atomic E-state index is 13.3. The highest BCUT2D eigenvalue weighted by molar-refractivity contribution is 7.89. The number of hydrogen-bond donors (Lipinski definition) is 0. The molecule has 3 aromatic rings. The second-order valence-electron chi connectivity index (χ2n) is 12.1. The van der Waals surface area contributed by atoms with Crippen molar-refractivity contribution in [2.75, 3.05) is 39.8 Å². The van der Waals surface area contributed by atoms with Crippen molar-refractivity contribution in [1.82, 2.24) is 14.1 Å². The Labute approximate surface area is 269 Å². The normalized spacial score (nSPS) is 17.0. The molecule has 1 aliphatic heterocycles. The van der Waals surface area contributed by atoms with Crippen molar-refractivity contribution in [3.63, 3.8) is 0 Å². The summed E-state index contributed by atoms with van der Waals surface area (Å²) in [6.07, 6.45) is 6.14. The standard InChI is InChI=1S/C35H45N3O4S.ClH/c1-36(43(40,41)34-18-9-4-10-19-34)27-32(31-16-7-3-8-17-31)20-23-37-24-21-33(22-25-37)38(26-29-14-11-15-29)35(39)42-28-30-12-5-2-6-13-30;/h2-10,12-13,16-19,29,32-33H,11,14-15,20-28H2,1H3;1H/t32-;/m1./s1. The lowest BCUT2D eigenvalue weighted by atomic mass is 9.84. The molecule has 0 N–H and O–H groups in total. The lowest BCUT2D eigenvalue weighted by Crippen LogP contribution is -2.50. The number of halogens is 1. The Morgan fingerprint density at radius 1 is 0.886 bits per heavy atom. The van der Waals surface area contributed by atoms with Crippen LogP contribution in [-0.2, 0) is 21.4 Å². The van der Waals surface area contributed by atoms with E-state index >= 15 is 0 Å². The smallest absolute Gasteiger partial charge is 0.410 e. The van der Waals surface area contributed by atoms with E-state index in [2.05, 4.69) is 17.0 Å². The Morgan fingerprint density at radius 3 is 2.07 bits per heavy atom. The molecule has 0 unspecified atom stereocenters. The third kappa shape index (κ3) is 9.07. The second kappa shape index (κ2) is 16.4. The van der Waals surface area contributed by atoms with E-state index in [0.29, 0.717) is 24.0 Å². The maximum absolute atomic E-state index is 13.3. The van der Waals surface area contributed by atoms with Gasteiger partial charge in [0.15, 0.2) is 0 Å². The predicted octanol–water partition coefficient (Wildman–Crippen LogP) is 6.81. The molecule has 5 rings (SSSR count). The Morgan fingerprint density at radius 2 is 1.48 bits per heavy atom. The van der Waals surface area contributed by atoms with E-state index in [0.717, 1.165) is 56.6 Å². The van der Waals surface area contributed by atoms with Crippen LogP contribution in [0.25, 0.3) is 0 Å². The molecule has 1 saturated carbocycles. The molecular formula is C35H46ClN3O4S. The van der Waals surface area contributed by atoms with Gasteiger partial charge in [0, 0.05) is 39.3 Å². The van der Waals surface area contributed by atoms with Gasteiger partial charge < -0.3 is 14.5 Å². The summed E-state index contributed by atoms with van der Waals surface area (Å²) in [5, 5.41) is 0. The molecule has 0 aromatic heterocycles. The predicted molar refractivity (Wildman–Crippen MR) is 177 cm³/mol. The maximum Gasteiger partial charge on any atom is 0.410 e. The highest BCUT2D eigenvalue weighted by Gasteiger charge is 2.33. The molecule has 3 aromatic carbocycles. The summed E-state index contributed by atoms with van der Waals surface area (Å²) in [5.74, 6) is 0.656. The zero-order valence-electron chi connectivity index (χ0n) is 25.7. The fourth-order valence-corrected chi connectivity index (χ4v) is 7.43. The van der Waals surface area contributed by atoms with E-state index in [-0.39, 0.29) is 30.5 Å². The highest BCUT2D eigenvalue weighted by atomic mass is 35.5. The molecule has 0 radical (unpaired) electrons. The van der Waals surface area contributed by atoms with Gasteiger partial charge in [0.25, 0.3) is 0 Å². The van der Waals surface area contributed by atoms with Gasteiger partial charge in [-0.3, -0.25) is 0 Å². The van der Waals surface area contributed by atoms with Crippen LogP contribution in [0.3, 0.4) is 0 Å². The van der Waals surface area contributed by atoms with Gasteiger partial charge in [-0.25, -0.2) is 17.5 Å². The van der Waals surface area contributed by atoms with Crippen LogP contribution in [0.4, 0.5) is 4.79 Å². The third-order valence-electron chi connectivity index (χ3n) is 9.11. The summed E-state index contributed by atoms with van der Waals surface area (Å²) >= 11 is 0. The van der Waals surface area contributed by atoms with Crippen molar-refractivity contribution >= 4 is 28.5 Å². The molecule has 0 bridgehead atoms. The van der Waals surface area contributed by atoms with Gasteiger partial charge in [-0.15, -0.1) is 12.4 Å². The number of likely N-dealkylation sites (tertiary alicyclic amines) is 1. The SMILES string of the molecule is CN(C[C@@H](CCN1CCC(N(CC2CCC2)C(=O)OCc2ccccc2)CC1)c1ccccc1)S(=O)(=O)c1ccccc1.Cl. The van der Waals surface area contributed by atoms with E-state index in [1.165, 1.54) is 23.6 Å². The number of carbonyl (C=O) groups excluding carboxylic acids is 1. The molecule has 2 aliphatic rings. The first-order valence-electron chi connectivity index (χ1n) is 15.7. The van der Waals surface area contributed by atoms with Gasteiger partial charge in [0.2, 0.25) is 10.0 Å². The van der Waals surface area contributed by atoms with Gasteiger partial charge in [0.1, 0.15) is 6.61 Å². The van der Waals surface area contributed by atoms with Crippen LogP contribution in [0.15, 0.2) is 95.9 Å². The van der Waals surface area contributed by atoms with E-state index in [4.69, 9.17) is 4.74 Å². The Hall–Kier alpha value is -2.91. The van der Waals surface area contributed by atoms with Crippen LogP contribution >= 0.6 is 12.4 Å². The lowest BCUT2D eigenvalue weighted by molar-refractivity contribution is 0.0456. The number of nitrogens with zero attached hydrogens (tertiary/aromatic N) is 3. The molecule has 1 aliphatic carbocycles. The first kappa shape index (κ1) is 34.0. The van der Waals surface area contributed by atoms with Gasteiger partial charge >= 0.3 is 6.09 Å². The number of ether oxygens (including phenoxy) is 1. The monoisotopic (exact) mass is 639 g/mol. The minimum Gasteiger partial charge on any atom is -0.445 e. The van der Waals surface area contributed by atoms with Crippen LogP contribution in [0.1, 0.15) is 55.6 Å². The van der Waals surface area contributed by atoms with Gasteiger partial charge in [-0.1, -0.05) is 85.3 Å². The van der Waals surface area contributed by atoms with E-state index < -0.39 is 10.0 Å². The number of carbonyl (C=O) groups is 1. The van der Waals surface area contributed by atoms with Crippen molar-refractivity contribution in [3.8, 4) is 0 Å². The first-order chi connectivity index (χ1) is 20.9. The molecule has 44 heavy (non-hydrogen) atoms. The first-order valence-corrected chi connectivity index (χ1v) is 17.1. The van der Waals surface area contributed by atoms with Crippen LogP contribution in [0, 0.1) is 5.92 Å². The second-order valence-corrected chi connectivity index (χ2v) is 14.1. The average Bonchev–Trinajstić information content (AvgIpc) is 3.03. The van der Waals surface area contributed by atoms with Gasteiger partial charge in [0.05, 0.1) is 4.90 Å². The highest BCUT2D eigenvalue weighted by Crippen LogP contribution is 2.30. The van der Waals surface area contributed by atoms with Crippen LogP contribution in [0.5, 0.6) is 0 Å². The number of amides is 1. The fourth-order valence-electron chi connectivity index (χ4n) is 6.19. The minimum atomic E-state index is -3.57. The van der Waals surface area contributed by atoms with Gasteiger partial charge in [-0.05, 0) is 73.7 Å². The van der Waals surface area contributed by atoms with E-state index in [9.17, 15) is 13.2 Å². The summed E-state index contributed by atoms with van der Waals surface area (Å²) in [5.41, 5.74) is 2.16. The Bertz CT molecular complexity index is 1380. The van der Waals surface area contributed by atoms with Gasteiger partial charge in [-0.2, -0.15) is 0 Å². The summed E-state index contributed by atoms with van der Waals surface area (Å²) in [6.45, 7) is 4.22. The Kier molecular flexibility index (Phi) is 12.7. The van der Waals surface area contributed by atoms with Crippen molar-refractivity contribution < 1.29 is 17.9 Å². The minimum absolute atomic E-state index is 0. The molecule has 1 amide bonds. The zero-order chi connectivity index (χ0) is 30.1. The van der Waals surface area contributed by atoms with Crippen molar-refractivity contribution in [3.05, 3.63) is 102 Å². The van der Waals surface area contributed by atoms with E-state index in [1.807, 2.05) is 59.5 Å². The quantitative estimate of drug-likeness (QED) is 0.206. The summed E-state index contributed by atoms with van der Waals surface area (Å²) in [4.78, 5) is 18.1. The Balaban J connectivity index is 0.00000442. The molecule has 1 saturated heterocycles. The molecule has 1 atom stereocenters. The topological polar surface area (TPSA) is 70.2 Å². The largest absolute Gasteiger partial charge is 0.445 e. The van der Waals surface area contributed by atoms with Crippen molar-refractivity contribution in [2.24, 2.45) is 5.92 Å². The zero-order valence-corrected chi connectivity index (χ0v) is 27.3. The van der Waals surface area contributed by atoms with E-state index in [1.54, 1.807) is 31.3 Å². The summed E-state index contributed by atoms with van der Waals surface area (Å²) < 4.78 is 33.8. The fraction of sp³-hybridized carbons (Fsp3) is 0.457. The number of piperidine rings is 1. The number of hydrogen-bond acceptors (Lipinski definition) is 5. The number of sulfonamides is 1. The van der Waals surface area contributed by atoms with Crippen LogP contribution in [-0.4, -0.2) is 74.4 Å². The van der Waals surface area contributed by atoms with Crippen molar-refractivity contribution in [2.45, 2.75) is 62.0 Å². The van der Waals surface area contributed by atoms with Crippen molar-refractivity contribution in [1.29, 1.82) is 0 Å². The summed E-state index contributed by atoms with van der Waals surface area (Å²) in [6, 6.07) is 28.9. The lowest BCUT2D eigenvalue weighted by Gasteiger charge is -2.41. The molecule has 238 valence electrons. The summed E-state index contributed by atoms with van der Waals surface area (Å²) in [7, 11) is -1.89. The molecule has 1 heterocycles. The molecule has 9 heteroatoms. The molecule has 0 spiro atoms.